The van der Waals surface area contributed by atoms with Gasteiger partial charge in [0.25, 0.3) is 5.91 Å². The fourth-order valence-electron chi connectivity index (χ4n) is 2.40. The number of carbonyl (C=O) groups is 2. The second-order valence-corrected chi connectivity index (χ2v) is 5.55. The Balaban J connectivity index is 2.25. The number of hydrogen-bond donors (Lipinski definition) is 1. The molecule has 1 aliphatic heterocycles. The Morgan fingerprint density at radius 2 is 2.15 bits per heavy atom. The maximum atomic E-state index is 12.5. The molecule has 20 heavy (non-hydrogen) atoms. The maximum Gasteiger partial charge on any atom is 0.326 e. The molecule has 108 valence electrons. The van der Waals surface area contributed by atoms with Crippen LogP contribution < -0.4 is 4.74 Å². The maximum absolute atomic E-state index is 12.5. The summed E-state index contributed by atoms with van der Waals surface area (Å²) in [6, 6.07) is 4.28. The number of methoxy groups -OCH3 is 1. The van der Waals surface area contributed by atoms with Crippen LogP contribution in [0.25, 0.3) is 0 Å². The summed E-state index contributed by atoms with van der Waals surface area (Å²) in [6.45, 7) is 0.486. The van der Waals surface area contributed by atoms with Gasteiger partial charge in [-0.2, -0.15) is 0 Å². The van der Waals surface area contributed by atoms with Crippen LogP contribution in [0, 0.1) is 0 Å². The van der Waals surface area contributed by atoms with E-state index in [1.807, 2.05) is 0 Å². The van der Waals surface area contributed by atoms with Gasteiger partial charge in [0.1, 0.15) is 11.8 Å². The first-order chi connectivity index (χ1) is 9.54. The minimum Gasteiger partial charge on any atom is -0.496 e. The number of likely N-dealkylation sites (tertiary alicyclic amines) is 1. The van der Waals surface area contributed by atoms with E-state index in [9.17, 15) is 14.7 Å². The van der Waals surface area contributed by atoms with E-state index in [-0.39, 0.29) is 5.91 Å². The van der Waals surface area contributed by atoms with Crippen LogP contribution >= 0.6 is 15.9 Å². The third-order valence-electron chi connectivity index (χ3n) is 3.45. The van der Waals surface area contributed by atoms with E-state index in [2.05, 4.69) is 15.9 Å². The van der Waals surface area contributed by atoms with Crippen LogP contribution in [-0.2, 0) is 4.79 Å². The van der Waals surface area contributed by atoms with Crippen LogP contribution in [0.3, 0.4) is 0 Å². The number of amides is 1. The van der Waals surface area contributed by atoms with Gasteiger partial charge in [-0.3, -0.25) is 4.79 Å². The largest absolute Gasteiger partial charge is 0.496 e. The molecule has 2 rings (SSSR count). The minimum absolute atomic E-state index is 0.250. The number of ether oxygens (including phenoxy) is 1. The third kappa shape index (κ3) is 2.95. The lowest BCUT2D eigenvalue weighted by Gasteiger charge is -2.33. The van der Waals surface area contributed by atoms with Gasteiger partial charge in [0, 0.05) is 12.1 Å². The summed E-state index contributed by atoms with van der Waals surface area (Å²) in [4.78, 5) is 25.2. The van der Waals surface area contributed by atoms with Crippen molar-refractivity contribution in [3.8, 4) is 5.75 Å². The Bertz CT molecular complexity index is 532. The zero-order valence-electron chi connectivity index (χ0n) is 11.1. The SMILES string of the molecule is COc1ccc(C(=O)N2CCCC[C@@H]2C(=O)O)cc1Br. The van der Waals surface area contributed by atoms with Crippen molar-refractivity contribution in [2.45, 2.75) is 25.3 Å². The van der Waals surface area contributed by atoms with E-state index in [1.165, 1.54) is 4.90 Å². The number of rotatable bonds is 3. The van der Waals surface area contributed by atoms with Crippen molar-refractivity contribution in [1.29, 1.82) is 0 Å². The molecule has 0 radical (unpaired) electrons. The van der Waals surface area contributed by atoms with E-state index < -0.39 is 12.0 Å². The Labute approximate surface area is 125 Å². The van der Waals surface area contributed by atoms with Gasteiger partial charge in [0.15, 0.2) is 0 Å². The lowest BCUT2D eigenvalue weighted by atomic mass is 10.0. The fraction of sp³-hybridized carbons (Fsp3) is 0.429. The van der Waals surface area contributed by atoms with E-state index >= 15 is 0 Å². The summed E-state index contributed by atoms with van der Waals surface area (Å²) < 4.78 is 5.79. The molecule has 1 saturated heterocycles. The van der Waals surface area contributed by atoms with E-state index in [0.29, 0.717) is 28.8 Å². The van der Waals surface area contributed by atoms with E-state index in [4.69, 9.17) is 4.74 Å². The number of benzene rings is 1. The third-order valence-corrected chi connectivity index (χ3v) is 4.07. The van der Waals surface area contributed by atoms with Gasteiger partial charge in [-0.05, 0) is 53.4 Å². The van der Waals surface area contributed by atoms with E-state index in [1.54, 1.807) is 25.3 Å². The number of carbonyl (C=O) groups excluding carboxylic acids is 1. The van der Waals surface area contributed by atoms with Crippen LogP contribution in [0.1, 0.15) is 29.6 Å². The van der Waals surface area contributed by atoms with Crippen LogP contribution in [-0.4, -0.2) is 41.6 Å². The average molecular weight is 342 g/mol. The molecule has 0 unspecified atom stereocenters. The number of aliphatic carboxylic acids is 1. The van der Waals surface area contributed by atoms with Crippen LogP contribution in [0.5, 0.6) is 5.75 Å². The molecular formula is C14H16BrNO4. The molecule has 0 aromatic heterocycles. The molecule has 1 N–H and O–H groups in total. The van der Waals surface area contributed by atoms with Gasteiger partial charge < -0.3 is 14.7 Å². The summed E-state index contributed by atoms with van der Waals surface area (Å²) in [7, 11) is 1.55. The number of carboxylic acid groups (broad SMARTS) is 1. The number of halogens is 1. The lowest BCUT2D eigenvalue weighted by Crippen LogP contribution is -2.47. The van der Waals surface area contributed by atoms with Crippen molar-refractivity contribution >= 4 is 27.8 Å². The highest BCUT2D eigenvalue weighted by molar-refractivity contribution is 9.10. The summed E-state index contributed by atoms with van der Waals surface area (Å²) in [5, 5.41) is 9.22. The van der Waals surface area contributed by atoms with Crippen molar-refractivity contribution < 1.29 is 19.4 Å². The van der Waals surface area contributed by atoms with Crippen LogP contribution in [0.4, 0.5) is 0 Å². The molecule has 0 saturated carbocycles. The van der Waals surface area contributed by atoms with Crippen molar-refractivity contribution in [3.05, 3.63) is 28.2 Å². The zero-order chi connectivity index (χ0) is 14.7. The quantitative estimate of drug-likeness (QED) is 0.917. The Hall–Kier alpha value is -1.56. The summed E-state index contributed by atoms with van der Waals surface area (Å²) >= 11 is 3.33. The molecule has 0 aliphatic carbocycles. The molecule has 1 aromatic carbocycles. The Kier molecular flexibility index (Phi) is 4.65. The first-order valence-corrected chi connectivity index (χ1v) is 7.21. The normalized spacial score (nSPS) is 18.7. The number of nitrogens with zero attached hydrogens (tertiary/aromatic N) is 1. The predicted molar refractivity (Wildman–Crippen MR) is 77.0 cm³/mol. The molecule has 0 bridgehead atoms. The summed E-state index contributed by atoms with van der Waals surface area (Å²) in [5.41, 5.74) is 0.464. The predicted octanol–water partition coefficient (Wildman–Crippen LogP) is 2.54. The molecule has 1 fully saturated rings. The first kappa shape index (κ1) is 14.8. The summed E-state index contributed by atoms with van der Waals surface area (Å²) in [5.74, 6) is -0.555. The van der Waals surface area contributed by atoms with Gasteiger partial charge in [-0.15, -0.1) is 0 Å². The standard InChI is InChI=1S/C14H16BrNO4/c1-20-12-6-5-9(8-10(12)15)13(17)16-7-3-2-4-11(16)14(18)19/h5-6,8,11H,2-4,7H2,1H3,(H,18,19)/t11-/m1/s1. The van der Waals surface area contributed by atoms with Gasteiger partial charge in [0.2, 0.25) is 0 Å². The molecular weight excluding hydrogens is 326 g/mol. The highest BCUT2D eigenvalue weighted by atomic mass is 79.9. The van der Waals surface area contributed by atoms with Gasteiger partial charge in [0.05, 0.1) is 11.6 Å². The van der Waals surface area contributed by atoms with E-state index in [0.717, 1.165) is 12.8 Å². The molecule has 1 aromatic rings. The Morgan fingerprint density at radius 3 is 2.75 bits per heavy atom. The summed E-state index contributed by atoms with van der Waals surface area (Å²) in [6.07, 6.45) is 2.19. The molecule has 0 spiro atoms. The van der Waals surface area contributed by atoms with Crippen molar-refractivity contribution in [3.63, 3.8) is 0 Å². The topological polar surface area (TPSA) is 66.8 Å². The second-order valence-electron chi connectivity index (χ2n) is 4.70. The highest BCUT2D eigenvalue weighted by Gasteiger charge is 2.32. The average Bonchev–Trinajstić information content (AvgIpc) is 2.46. The first-order valence-electron chi connectivity index (χ1n) is 6.42. The zero-order valence-corrected chi connectivity index (χ0v) is 12.7. The molecule has 1 atom stereocenters. The van der Waals surface area contributed by atoms with Gasteiger partial charge in [-0.25, -0.2) is 4.79 Å². The fourth-order valence-corrected chi connectivity index (χ4v) is 2.94. The number of hydrogen-bond acceptors (Lipinski definition) is 3. The lowest BCUT2D eigenvalue weighted by molar-refractivity contribution is -0.143. The minimum atomic E-state index is -0.939. The van der Waals surface area contributed by atoms with Crippen LogP contribution in [0.2, 0.25) is 0 Å². The smallest absolute Gasteiger partial charge is 0.326 e. The molecule has 1 aliphatic rings. The monoisotopic (exact) mass is 341 g/mol. The molecule has 6 heteroatoms. The highest BCUT2D eigenvalue weighted by Crippen LogP contribution is 2.27. The Morgan fingerprint density at radius 1 is 1.40 bits per heavy atom. The number of carboxylic acids is 1. The van der Waals surface area contributed by atoms with Gasteiger partial charge in [-0.1, -0.05) is 0 Å². The van der Waals surface area contributed by atoms with Gasteiger partial charge >= 0.3 is 5.97 Å². The van der Waals surface area contributed by atoms with Crippen molar-refractivity contribution in [1.82, 2.24) is 4.90 Å². The van der Waals surface area contributed by atoms with Crippen LogP contribution in [0.15, 0.2) is 22.7 Å². The van der Waals surface area contributed by atoms with Crippen molar-refractivity contribution in [2.75, 3.05) is 13.7 Å². The van der Waals surface area contributed by atoms with Crippen molar-refractivity contribution in [2.24, 2.45) is 0 Å². The molecule has 1 heterocycles. The molecule has 5 nitrogen and oxygen atoms in total. The molecule has 1 amide bonds. The number of piperidine rings is 1. The second kappa shape index (κ2) is 6.26.